The van der Waals surface area contributed by atoms with Gasteiger partial charge in [-0.3, -0.25) is 9.59 Å². The zero-order valence-corrected chi connectivity index (χ0v) is 14.4. The summed E-state index contributed by atoms with van der Waals surface area (Å²) in [6, 6.07) is 11.4. The fourth-order valence-corrected chi connectivity index (χ4v) is 2.77. The molecule has 1 aromatic heterocycles. The number of aromatic nitrogens is 1. The van der Waals surface area contributed by atoms with Gasteiger partial charge in [0.15, 0.2) is 0 Å². The first kappa shape index (κ1) is 17.5. The topological polar surface area (TPSA) is 74.3 Å². The van der Waals surface area contributed by atoms with Gasteiger partial charge in [0.2, 0.25) is 5.91 Å². The quantitative estimate of drug-likeness (QED) is 0.785. The second-order valence-electron chi connectivity index (χ2n) is 5.99. The molecule has 2 N–H and O–H groups in total. The van der Waals surface area contributed by atoms with Crippen molar-refractivity contribution in [1.82, 2.24) is 10.3 Å². The Hall–Kier alpha value is -3.33. The van der Waals surface area contributed by atoms with E-state index in [-0.39, 0.29) is 18.4 Å². The van der Waals surface area contributed by atoms with E-state index < -0.39 is 0 Å². The maximum absolute atomic E-state index is 11.8. The number of terminal acetylenes is 1. The minimum Gasteiger partial charge on any atom is -0.366 e. The fraction of sp³-hybridized carbons (Fsp3) is 0.250. The molecule has 0 bridgehead atoms. The Balaban J connectivity index is 1.55. The SMILES string of the molecule is C#CCNC(=O)c1ccc(NCc2ccc(N3CCCC3=O)cc2)nc1. The summed E-state index contributed by atoms with van der Waals surface area (Å²) in [6.45, 7) is 1.59. The van der Waals surface area contributed by atoms with Gasteiger partial charge in [0, 0.05) is 31.4 Å². The molecule has 2 heterocycles. The molecule has 1 aliphatic rings. The van der Waals surface area contributed by atoms with E-state index in [4.69, 9.17) is 6.42 Å². The summed E-state index contributed by atoms with van der Waals surface area (Å²) in [7, 11) is 0. The van der Waals surface area contributed by atoms with Crippen LogP contribution in [0.25, 0.3) is 0 Å². The predicted molar refractivity (Wildman–Crippen MR) is 101 cm³/mol. The molecular weight excluding hydrogens is 328 g/mol. The molecule has 1 fully saturated rings. The van der Waals surface area contributed by atoms with E-state index >= 15 is 0 Å². The number of hydrogen-bond acceptors (Lipinski definition) is 4. The molecule has 0 aliphatic carbocycles. The average Bonchev–Trinajstić information content (AvgIpc) is 3.11. The van der Waals surface area contributed by atoms with E-state index in [1.807, 2.05) is 29.2 Å². The van der Waals surface area contributed by atoms with Crippen molar-refractivity contribution in [3.05, 3.63) is 53.7 Å². The normalized spacial score (nSPS) is 13.3. The number of amides is 2. The highest BCUT2D eigenvalue weighted by atomic mass is 16.2. The van der Waals surface area contributed by atoms with Crippen LogP contribution in [0.15, 0.2) is 42.6 Å². The number of pyridine rings is 1. The van der Waals surface area contributed by atoms with Gasteiger partial charge in [-0.15, -0.1) is 6.42 Å². The summed E-state index contributed by atoms with van der Waals surface area (Å²) < 4.78 is 0. The van der Waals surface area contributed by atoms with E-state index in [1.165, 1.54) is 6.20 Å². The largest absolute Gasteiger partial charge is 0.366 e. The molecule has 2 aromatic rings. The summed E-state index contributed by atoms with van der Waals surface area (Å²) in [5.74, 6) is 2.98. The van der Waals surface area contributed by atoms with Gasteiger partial charge < -0.3 is 15.5 Å². The summed E-state index contributed by atoms with van der Waals surface area (Å²) in [5.41, 5.74) is 2.49. The number of nitrogens with zero attached hydrogens (tertiary/aromatic N) is 2. The molecule has 1 saturated heterocycles. The lowest BCUT2D eigenvalue weighted by Crippen LogP contribution is -2.23. The number of rotatable bonds is 6. The van der Waals surface area contributed by atoms with Gasteiger partial charge >= 0.3 is 0 Å². The van der Waals surface area contributed by atoms with Crippen LogP contribution < -0.4 is 15.5 Å². The molecule has 6 heteroatoms. The Morgan fingerprint density at radius 3 is 2.65 bits per heavy atom. The van der Waals surface area contributed by atoms with Crippen LogP contribution in [-0.4, -0.2) is 29.9 Å². The maximum atomic E-state index is 11.8. The standard InChI is InChI=1S/C20H20N4O2/c1-2-11-21-20(26)16-7-10-18(23-14-16)22-13-15-5-8-17(9-6-15)24-12-3-4-19(24)25/h1,5-10,14H,3-4,11-13H2,(H,21,26)(H,22,23). The third kappa shape index (κ3) is 4.19. The van der Waals surface area contributed by atoms with Gasteiger partial charge in [0.1, 0.15) is 5.82 Å². The van der Waals surface area contributed by atoms with E-state index in [2.05, 4.69) is 21.5 Å². The lowest BCUT2D eigenvalue weighted by molar-refractivity contribution is -0.117. The molecule has 0 radical (unpaired) electrons. The lowest BCUT2D eigenvalue weighted by Gasteiger charge is -2.16. The van der Waals surface area contributed by atoms with Gasteiger partial charge in [0.25, 0.3) is 5.91 Å². The Kier molecular flexibility index (Phi) is 5.49. The minimum absolute atomic E-state index is 0.187. The van der Waals surface area contributed by atoms with E-state index in [0.29, 0.717) is 24.3 Å². The van der Waals surface area contributed by atoms with E-state index in [1.54, 1.807) is 12.1 Å². The number of benzene rings is 1. The third-order valence-corrected chi connectivity index (χ3v) is 4.17. The van der Waals surface area contributed by atoms with Crippen LogP contribution >= 0.6 is 0 Å². The van der Waals surface area contributed by atoms with Gasteiger partial charge in [-0.1, -0.05) is 18.1 Å². The molecule has 1 aromatic carbocycles. The number of carbonyl (C=O) groups excluding carboxylic acids is 2. The average molecular weight is 348 g/mol. The Morgan fingerprint density at radius 2 is 2.04 bits per heavy atom. The van der Waals surface area contributed by atoms with Crippen molar-refractivity contribution in [3.63, 3.8) is 0 Å². The highest BCUT2D eigenvalue weighted by Crippen LogP contribution is 2.21. The summed E-state index contributed by atoms with van der Waals surface area (Å²) in [4.78, 5) is 29.6. The van der Waals surface area contributed by atoms with Crippen molar-refractivity contribution in [3.8, 4) is 12.3 Å². The second-order valence-corrected chi connectivity index (χ2v) is 5.99. The molecular formula is C20H20N4O2. The lowest BCUT2D eigenvalue weighted by atomic mass is 10.2. The van der Waals surface area contributed by atoms with Gasteiger partial charge in [-0.05, 0) is 36.2 Å². The van der Waals surface area contributed by atoms with Crippen molar-refractivity contribution in [2.45, 2.75) is 19.4 Å². The van der Waals surface area contributed by atoms with Gasteiger partial charge in [0.05, 0.1) is 12.1 Å². The summed E-state index contributed by atoms with van der Waals surface area (Å²) in [6.07, 6.45) is 8.18. The van der Waals surface area contributed by atoms with Crippen LogP contribution in [0.5, 0.6) is 0 Å². The van der Waals surface area contributed by atoms with Crippen molar-refractivity contribution < 1.29 is 9.59 Å². The summed E-state index contributed by atoms with van der Waals surface area (Å²) >= 11 is 0. The van der Waals surface area contributed by atoms with Crippen LogP contribution in [0.2, 0.25) is 0 Å². The number of nitrogens with one attached hydrogen (secondary N) is 2. The second kappa shape index (κ2) is 8.17. The number of hydrogen-bond donors (Lipinski definition) is 2. The minimum atomic E-state index is -0.242. The molecule has 26 heavy (non-hydrogen) atoms. The van der Waals surface area contributed by atoms with Crippen molar-refractivity contribution in [2.24, 2.45) is 0 Å². The first-order valence-electron chi connectivity index (χ1n) is 8.48. The zero-order chi connectivity index (χ0) is 18.4. The highest BCUT2D eigenvalue weighted by molar-refractivity contribution is 5.95. The number of anilines is 2. The molecule has 0 unspecified atom stereocenters. The molecule has 0 saturated carbocycles. The highest BCUT2D eigenvalue weighted by Gasteiger charge is 2.21. The smallest absolute Gasteiger partial charge is 0.253 e. The monoisotopic (exact) mass is 348 g/mol. The Bertz CT molecular complexity index is 822. The van der Waals surface area contributed by atoms with Crippen molar-refractivity contribution in [1.29, 1.82) is 0 Å². The van der Waals surface area contributed by atoms with Crippen LogP contribution in [0.4, 0.5) is 11.5 Å². The first-order chi connectivity index (χ1) is 12.7. The molecule has 3 rings (SSSR count). The number of carbonyl (C=O) groups is 2. The van der Waals surface area contributed by atoms with Gasteiger partial charge in [-0.2, -0.15) is 0 Å². The Morgan fingerprint density at radius 1 is 1.23 bits per heavy atom. The molecule has 1 aliphatic heterocycles. The van der Waals surface area contributed by atoms with Crippen molar-refractivity contribution >= 4 is 23.3 Å². The summed E-state index contributed by atoms with van der Waals surface area (Å²) in [5, 5.41) is 5.81. The Labute approximate surface area is 152 Å². The molecule has 2 amide bonds. The first-order valence-corrected chi connectivity index (χ1v) is 8.48. The molecule has 0 spiro atoms. The molecule has 132 valence electrons. The van der Waals surface area contributed by atoms with E-state index in [0.717, 1.165) is 24.2 Å². The van der Waals surface area contributed by atoms with Crippen LogP contribution in [0, 0.1) is 12.3 Å². The zero-order valence-electron chi connectivity index (χ0n) is 14.4. The van der Waals surface area contributed by atoms with E-state index in [9.17, 15) is 9.59 Å². The van der Waals surface area contributed by atoms with Gasteiger partial charge in [-0.25, -0.2) is 4.98 Å². The maximum Gasteiger partial charge on any atom is 0.253 e. The van der Waals surface area contributed by atoms with Crippen molar-refractivity contribution in [2.75, 3.05) is 23.3 Å². The molecule has 6 nitrogen and oxygen atoms in total. The predicted octanol–water partition coefficient (Wildman–Crippen LogP) is 2.18. The fourth-order valence-electron chi connectivity index (χ4n) is 2.77. The van der Waals surface area contributed by atoms with Crippen LogP contribution in [0.3, 0.4) is 0 Å². The third-order valence-electron chi connectivity index (χ3n) is 4.17. The molecule has 0 atom stereocenters. The van der Waals surface area contributed by atoms with Crippen LogP contribution in [-0.2, 0) is 11.3 Å². The van der Waals surface area contributed by atoms with Crippen LogP contribution in [0.1, 0.15) is 28.8 Å².